The van der Waals surface area contributed by atoms with Gasteiger partial charge < -0.3 is 15.4 Å². The van der Waals surface area contributed by atoms with Gasteiger partial charge in [0, 0.05) is 17.5 Å². The van der Waals surface area contributed by atoms with Crippen LogP contribution >= 0.6 is 0 Å². The van der Waals surface area contributed by atoms with Gasteiger partial charge in [-0.2, -0.15) is 26.3 Å². The van der Waals surface area contributed by atoms with Crippen LogP contribution < -0.4 is 10.9 Å². The van der Waals surface area contributed by atoms with Crippen molar-refractivity contribution in [2.24, 2.45) is 0 Å². The van der Waals surface area contributed by atoms with Crippen LogP contribution in [0.5, 0.6) is 5.75 Å². The van der Waals surface area contributed by atoms with Gasteiger partial charge in [-0.25, -0.2) is 0 Å². The first-order chi connectivity index (χ1) is 9.97. The normalized spacial score (nSPS) is 12.6. The number of alkyl halides is 6. The fraction of sp³-hybridized carbons (Fsp3) is 0.250. The van der Waals surface area contributed by atoms with Gasteiger partial charge in [0.25, 0.3) is 0 Å². The maximum Gasteiger partial charge on any atom is 0.417 e. The van der Waals surface area contributed by atoms with Gasteiger partial charge in [-0.05, 0) is 6.07 Å². The smallest absolute Gasteiger partial charge is 0.417 e. The lowest BCUT2D eigenvalue weighted by Gasteiger charge is -2.14. The number of H-pyrrole nitrogens is 1. The maximum atomic E-state index is 12.9. The highest BCUT2D eigenvalue weighted by molar-refractivity contribution is 5.88. The first kappa shape index (κ1) is 16.0. The van der Waals surface area contributed by atoms with Gasteiger partial charge in [0.05, 0.1) is 16.8 Å². The second kappa shape index (κ2) is 5.11. The molecule has 120 valence electrons. The monoisotopic (exact) mass is 326 g/mol. The van der Waals surface area contributed by atoms with Gasteiger partial charge in [-0.3, -0.25) is 4.79 Å². The lowest BCUT2D eigenvalue weighted by molar-refractivity contribution is -0.136. The summed E-state index contributed by atoms with van der Waals surface area (Å²) in [5.74, 6) is -0.716. The van der Waals surface area contributed by atoms with Crippen molar-refractivity contribution in [3.8, 4) is 5.75 Å². The third-order valence-electron chi connectivity index (χ3n) is 2.74. The lowest BCUT2D eigenvalue weighted by Crippen LogP contribution is -2.21. The van der Waals surface area contributed by atoms with E-state index in [-0.39, 0.29) is 5.52 Å². The van der Waals surface area contributed by atoms with Gasteiger partial charge >= 0.3 is 12.4 Å². The predicted octanol–water partition coefficient (Wildman–Crippen LogP) is 3.23. The Morgan fingerprint density at radius 1 is 1.09 bits per heavy atom. The molecule has 0 amide bonds. The number of aromatic nitrogens is 1. The molecule has 1 aromatic carbocycles. The molecule has 0 radical (unpaired) electrons. The molecule has 0 aliphatic carbocycles. The number of halogens is 6. The van der Waals surface area contributed by atoms with Gasteiger partial charge in [-0.1, -0.05) is 0 Å². The molecule has 0 bridgehead atoms. The first-order valence-corrected chi connectivity index (χ1v) is 5.75. The summed E-state index contributed by atoms with van der Waals surface area (Å²) < 4.78 is 75.1. The van der Waals surface area contributed by atoms with Crippen LogP contribution in [0.1, 0.15) is 5.56 Å². The Kier molecular flexibility index (Phi) is 3.71. The van der Waals surface area contributed by atoms with Crippen molar-refractivity contribution in [2.45, 2.75) is 12.4 Å². The molecule has 0 saturated carbocycles. The minimum Gasteiger partial charge on any atom is -0.506 e. The Balaban J connectivity index is 2.60. The number of hydrogen-bond acceptors (Lipinski definition) is 3. The van der Waals surface area contributed by atoms with Crippen LogP contribution in [0.4, 0.5) is 32.0 Å². The third kappa shape index (κ3) is 3.43. The Morgan fingerprint density at radius 3 is 2.27 bits per heavy atom. The summed E-state index contributed by atoms with van der Waals surface area (Å²) in [6.07, 6.45) is -9.48. The third-order valence-corrected chi connectivity index (χ3v) is 2.74. The van der Waals surface area contributed by atoms with Gasteiger partial charge in [0.1, 0.15) is 12.3 Å². The van der Waals surface area contributed by atoms with Crippen LogP contribution in [0.25, 0.3) is 10.9 Å². The molecule has 2 aromatic rings. The summed E-state index contributed by atoms with van der Waals surface area (Å²) >= 11 is 0. The molecule has 0 spiro atoms. The minimum absolute atomic E-state index is 0.299. The molecular weight excluding hydrogens is 318 g/mol. The van der Waals surface area contributed by atoms with Crippen LogP contribution in [0.3, 0.4) is 0 Å². The van der Waals surface area contributed by atoms with E-state index in [2.05, 4.69) is 4.98 Å². The highest BCUT2D eigenvalue weighted by atomic mass is 19.4. The number of rotatable bonds is 2. The number of benzene rings is 1. The van der Waals surface area contributed by atoms with Gasteiger partial charge in [-0.15, -0.1) is 0 Å². The Bertz CT molecular complexity index is 763. The fourth-order valence-electron chi connectivity index (χ4n) is 1.86. The minimum atomic E-state index is -4.87. The van der Waals surface area contributed by atoms with Crippen molar-refractivity contribution < 1.29 is 31.4 Å². The molecule has 10 heteroatoms. The molecule has 0 unspecified atom stereocenters. The molecule has 0 atom stereocenters. The Morgan fingerprint density at radius 2 is 1.73 bits per heavy atom. The molecule has 22 heavy (non-hydrogen) atoms. The average molecular weight is 326 g/mol. The second-order valence-corrected chi connectivity index (χ2v) is 4.43. The fourth-order valence-corrected chi connectivity index (χ4v) is 1.86. The molecule has 0 fully saturated rings. The van der Waals surface area contributed by atoms with Gasteiger partial charge in [0.15, 0.2) is 0 Å². The van der Waals surface area contributed by atoms with Crippen molar-refractivity contribution in [2.75, 3.05) is 11.9 Å². The van der Waals surface area contributed by atoms with E-state index >= 15 is 0 Å². The van der Waals surface area contributed by atoms with Crippen LogP contribution in [0.15, 0.2) is 23.0 Å². The topological polar surface area (TPSA) is 65.1 Å². The van der Waals surface area contributed by atoms with Crippen molar-refractivity contribution >= 4 is 16.6 Å². The Labute approximate surface area is 118 Å². The zero-order chi connectivity index (χ0) is 16.7. The van der Waals surface area contributed by atoms with Crippen LogP contribution in [0, 0.1) is 0 Å². The number of aromatic hydroxyl groups is 1. The van der Waals surface area contributed by atoms with E-state index in [4.69, 9.17) is 0 Å². The van der Waals surface area contributed by atoms with Crippen LogP contribution in [0.2, 0.25) is 0 Å². The van der Waals surface area contributed by atoms with E-state index in [0.717, 1.165) is 6.07 Å². The van der Waals surface area contributed by atoms with Crippen molar-refractivity contribution in [3.05, 3.63) is 34.1 Å². The summed E-state index contributed by atoms with van der Waals surface area (Å²) in [6, 6.07) is 1.76. The molecular formula is C12H8F6N2O2. The number of pyridine rings is 1. The summed E-state index contributed by atoms with van der Waals surface area (Å²) in [5, 5.41) is 10.8. The summed E-state index contributed by atoms with van der Waals surface area (Å²) in [7, 11) is 0. The summed E-state index contributed by atoms with van der Waals surface area (Å²) in [4.78, 5) is 13.3. The SMILES string of the molecule is O=c1cc(C(F)(F)F)c2cc(NCC(F)(F)F)c(O)cc2[nH]1. The molecule has 3 N–H and O–H groups in total. The van der Waals surface area contributed by atoms with Crippen LogP contribution in [-0.4, -0.2) is 22.8 Å². The molecule has 0 saturated heterocycles. The molecule has 0 aliphatic rings. The van der Waals surface area contributed by atoms with Gasteiger partial charge in [0.2, 0.25) is 5.56 Å². The molecule has 4 nitrogen and oxygen atoms in total. The van der Waals surface area contributed by atoms with Crippen LogP contribution in [-0.2, 0) is 6.18 Å². The number of anilines is 1. The molecule has 0 aliphatic heterocycles. The number of fused-ring (bicyclic) bond motifs is 1. The van der Waals surface area contributed by atoms with E-state index in [1.807, 2.05) is 0 Å². The molecule has 1 heterocycles. The highest BCUT2D eigenvalue weighted by Crippen LogP contribution is 2.37. The summed E-state index contributed by atoms with van der Waals surface area (Å²) in [6.45, 7) is -1.53. The largest absolute Gasteiger partial charge is 0.506 e. The highest BCUT2D eigenvalue weighted by Gasteiger charge is 2.34. The van der Waals surface area contributed by atoms with Crippen molar-refractivity contribution in [1.82, 2.24) is 4.98 Å². The standard InChI is InChI=1S/C12H8F6N2O2/c13-11(14,15)4-19-8-1-5-6(12(16,17)18)2-10(22)20-7(5)3-9(8)21/h1-3,19,21H,4H2,(H,20,22). The van der Waals surface area contributed by atoms with E-state index in [1.54, 1.807) is 5.32 Å². The lowest BCUT2D eigenvalue weighted by atomic mass is 10.1. The first-order valence-electron chi connectivity index (χ1n) is 5.75. The zero-order valence-electron chi connectivity index (χ0n) is 10.6. The summed E-state index contributed by atoms with van der Waals surface area (Å²) in [5.41, 5.74) is -3.21. The molecule has 1 aromatic heterocycles. The van der Waals surface area contributed by atoms with Crippen molar-refractivity contribution in [3.63, 3.8) is 0 Å². The quantitative estimate of drug-likeness (QED) is 0.586. The number of nitrogens with one attached hydrogen (secondary N) is 2. The zero-order valence-corrected chi connectivity index (χ0v) is 10.6. The average Bonchev–Trinajstić information content (AvgIpc) is 2.33. The van der Waals surface area contributed by atoms with E-state index in [9.17, 15) is 36.2 Å². The number of phenols is 1. The predicted molar refractivity (Wildman–Crippen MR) is 65.8 cm³/mol. The maximum absolute atomic E-state index is 12.9. The Hall–Kier alpha value is -2.39. The number of hydrogen-bond donors (Lipinski definition) is 3. The number of phenolic OH excluding ortho intramolecular Hbond substituents is 1. The second-order valence-electron chi connectivity index (χ2n) is 4.43. The van der Waals surface area contributed by atoms with E-state index in [1.165, 1.54) is 0 Å². The molecule has 2 rings (SSSR count). The van der Waals surface area contributed by atoms with E-state index in [0.29, 0.717) is 12.1 Å². The number of aromatic amines is 1. The van der Waals surface area contributed by atoms with E-state index < -0.39 is 46.8 Å². The van der Waals surface area contributed by atoms with Crippen molar-refractivity contribution in [1.29, 1.82) is 0 Å².